The Morgan fingerprint density at radius 3 is 2.69 bits per heavy atom. The summed E-state index contributed by atoms with van der Waals surface area (Å²) in [5.74, 6) is 0.888. The van der Waals surface area contributed by atoms with Crippen LogP contribution in [0.3, 0.4) is 0 Å². The number of aryl methyl sites for hydroxylation is 1. The Hall–Kier alpha value is -4.67. The van der Waals surface area contributed by atoms with E-state index in [1.165, 1.54) is 25.8 Å². The van der Waals surface area contributed by atoms with E-state index in [0.29, 0.717) is 63.9 Å². The molecule has 6 N–H and O–H groups in total. The van der Waals surface area contributed by atoms with Crippen molar-refractivity contribution in [2.24, 2.45) is 0 Å². The molecule has 12 rings (SSSR count). The van der Waals surface area contributed by atoms with Gasteiger partial charge in [-0.2, -0.15) is 0 Å². The molecule has 0 amide bonds. The normalized spacial score (nSPS) is 30.2. The molecule has 0 radical (unpaired) electrons. The molecule has 8 aliphatic rings. The van der Waals surface area contributed by atoms with Gasteiger partial charge in [0.2, 0.25) is 6.79 Å². The third-order valence-corrected chi connectivity index (χ3v) is 13.7. The van der Waals surface area contributed by atoms with Crippen molar-refractivity contribution in [3.8, 4) is 34.5 Å². The largest absolute Gasteiger partial charge is 0.508 e. The lowest BCUT2D eigenvalue weighted by Crippen LogP contribution is -2.70. The van der Waals surface area contributed by atoms with Crippen LogP contribution in [0.1, 0.15) is 68.9 Å². The van der Waals surface area contributed by atoms with Gasteiger partial charge in [-0.1, -0.05) is 6.07 Å². The number of ether oxygens (including phenoxy) is 5. The summed E-state index contributed by atoms with van der Waals surface area (Å²) in [5, 5.41) is 42.7. The summed E-state index contributed by atoms with van der Waals surface area (Å²) in [6, 6.07) is 5.18. The second-order valence-corrected chi connectivity index (χ2v) is 16.3. The molecule has 282 valence electrons. The van der Waals surface area contributed by atoms with Crippen LogP contribution in [0.2, 0.25) is 0 Å². The zero-order valence-electron chi connectivity index (χ0n) is 30.1. The number of nitrogens with one attached hydrogen (secondary N) is 3. The number of hydrogen-bond donors (Lipinski definition) is 6. The van der Waals surface area contributed by atoms with Crippen LogP contribution in [0.4, 0.5) is 0 Å². The van der Waals surface area contributed by atoms with Gasteiger partial charge in [-0.05, 0) is 55.2 Å². The van der Waals surface area contributed by atoms with Crippen LogP contribution in [0.5, 0.6) is 34.5 Å². The van der Waals surface area contributed by atoms with Crippen LogP contribution in [0.25, 0.3) is 10.9 Å². The number of carbonyl (C=O) groups is 2. The SMILES string of the molecule is COc1c(C)cc2c(c1O)[C@H]1NC[C@@](O)(C2)N2C1[C@@H]1SC[C@]3(NCCc4c3[nH]c3ccc(O)cc43)C(=O)OC[C@H]2c2c3c(c(C)c(OC(C)=O)c21)OCO3. The fourth-order valence-electron chi connectivity index (χ4n) is 10.1. The molecule has 1 aromatic heterocycles. The van der Waals surface area contributed by atoms with Crippen LogP contribution in [-0.2, 0) is 32.7 Å². The molecule has 3 aromatic carbocycles. The van der Waals surface area contributed by atoms with Crippen molar-refractivity contribution in [2.45, 2.75) is 68.3 Å². The number of aliphatic hydroxyl groups is 1. The molecule has 2 fully saturated rings. The Morgan fingerprint density at radius 1 is 1.07 bits per heavy atom. The summed E-state index contributed by atoms with van der Waals surface area (Å²) in [4.78, 5) is 33.2. The van der Waals surface area contributed by atoms with Gasteiger partial charge in [0.05, 0.1) is 30.1 Å². The molecular weight excluding hydrogens is 717 g/mol. The number of carbonyl (C=O) groups excluding carboxylic acids is 2. The number of methoxy groups -OCH3 is 1. The topological polar surface area (TPSA) is 184 Å². The fourth-order valence-corrected chi connectivity index (χ4v) is 11.8. The first kappa shape index (κ1) is 33.9. The third-order valence-electron chi connectivity index (χ3n) is 12.2. The number of thioether (sulfide) groups is 1. The summed E-state index contributed by atoms with van der Waals surface area (Å²) >= 11 is 1.48. The standard InChI is InChI=1S/C39H40N4O10S/c1-16-9-19-11-38(48)13-40-28(25(19)30(46)31(16)49-4)29-35-27-26(34-33(51-15-52-34)17(2)32(27)53-18(3)44)24(43(29)38)12-50-37(47)39(14-54-35)36-21(7-8-41-39)22-10-20(45)5-6-23(22)42-36/h5-6,9-10,24,28-29,35,40-42,45-46,48H,7-8,11-15H2,1-4H3/t24-,28+,29?,35+,38-,39+/m0/s1. The number of phenols is 2. The average Bonchev–Trinajstić information content (AvgIpc) is 3.72. The van der Waals surface area contributed by atoms with E-state index >= 15 is 0 Å². The first-order chi connectivity index (χ1) is 26.0. The molecule has 14 nitrogen and oxygen atoms in total. The third kappa shape index (κ3) is 4.44. The fraction of sp³-hybridized carbons (Fsp3) is 0.436. The lowest BCUT2D eigenvalue weighted by Gasteiger charge is -2.58. The maximum Gasteiger partial charge on any atom is 0.333 e. The van der Waals surface area contributed by atoms with Crippen molar-refractivity contribution >= 4 is 34.6 Å². The molecule has 7 atom stereocenters. The van der Waals surface area contributed by atoms with E-state index in [1.807, 2.05) is 24.8 Å². The van der Waals surface area contributed by atoms with Gasteiger partial charge < -0.3 is 49.3 Å². The first-order valence-corrected chi connectivity index (χ1v) is 19.2. The lowest BCUT2D eigenvalue weighted by atomic mass is 9.78. The number of piperazine rings is 1. The number of H-pyrrole nitrogens is 1. The Bertz CT molecular complexity index is 2330. The lowest BCUT2D eigenvalue weighted by molar-refractivity contribution is -0.191. The first-order valence-electron chi connectivity index (χ1n) is 18.1. The predicted molar refractivity (Wildman–Crippen MR) is 195 cm³/mol. The molecule has 4 aromatic rings. The smallest absolute Gasteiger partial charge is 0.333 e. The minimum Gasteiger partial charge on any atom is -0.508 e. The molecule has 4 bridgehead atoms. The van der Waals surface area contributed by atoms with E-state index in [4.69, 9.17) is 23.7 Å². The maximum atomic E-state index is 14.8. The summed E-state index contributed by atoms with van der Waals surface area (Å²) in [5.41, 5.74) is 3.59. The summed E-state index contributed by atoms with van der Waals surface area (Å²) < 4.78 is 30.5. The van der Waals surface area contributed by atoms with Crippen molar-refractivity contribution in [1.82, 2.24) is 20.5 Å². The highest BCUT2D eigenvalue weighted by atomic mass is 32.2. The summed E-state index contributed by atoms with van der Waals surface area (Å²) in [7, 11) is 1.52. The van der Waals surface area contributed by atoms with Gasteiger partial charge in [-0.15, -0.1) is 11.8 Å². The molecular formula is C39H40N4O10S. The van der Waals surface area contributed by atoms with Crippen LogP contribution in [0.15, 0.2) is 24.3 Å². The van der Waals surface area contributed by atoms with Crippen molar-refractivity contribution in [2.75, 3.05) is 39.4 Å². The highest BCUT2D eigenvalue weighted by Crippen LogP contribution is 2.64. The highest BCUT2D eigenvalue weighted by molar-refractivity contribution is 7.99. The second kappa shape index (κ2) is 11.7. The number of phenolic OH excluding ortho intramolecular Hbond substituents is 2. The molecule has 0 aliphatic carbocycles. The molecule has 15 heteroatoms. The van der Waals surface area contributed by atoms with Gasteiger partial charge >= 0.3 is 11.9 Å². The van der Waals surface area contributed by atoms with Crippen molar-refractivity contribution in [1.29, 1.82) is 0 Å². The molecule has 9 heterocycles. The minimum atomic E-state index is -1.52. The van der Waals surface area contributed by atoms with E-state index in [0.717, 1.165) is 27.6 Å². The van der Waals surface area contributed by atoms with Gasteiger partial charge in [-0.3, -0.25) is 15.0 Å². The van der Waals surface area contributed by atoms with Crippen LogP contribution in [0, 0.1) is 13.8 Å². The minimum absolute atomic E-state index is 0.000756. The number of nitrogens with zero attached hydrogens (tertiary/aromatic N) is 1. The van der Waals surface area contributed by atoms with Crippen LogP contribution < -0.4 is 29.6 Å². The second-order valence-electron chi connectivity index (χ2n) is 15.1. The summed E-state index contributed by atoms with van der Waals surface area (Å²) in [6.07, 6.45) is 0.788. The number of rotatable bonds is 2. The van der Waals surface area contributed by atoms with Gasteiger partial charge in [0.1, 0.15) is 23.8 Å². The average molecular weight is 757 g/mol. The summed E-state index contributed by atoms with van der Waals surface area (Å²) in [6.45, 7) is 5.44. The molecule has 1 spiro atoms. The Labute approximate surface area is 314 Å². The number of aromatic nitrogens is 1. The van der Waals surface area contributed by atoms with Crippen molar-refractivity contribution in [3.05, 3.63) is 68.9 Å². The van der Waals surface area contributed by atoms with Gasteiger partial charge in [0, 0.05) is 71.4 Å². The predicted octanol–water partition coefficient (Wildman–Crippen LogP) is 3.55. The van der Waals surface area contributed by atoms with E-state index in [2.05, 4.69) is 15.6 Å². The quantitative estimate of drug-likeness (QED) is 0.129. The van der Waals surface area contributed by atoms with Crippen molar-refractivity contribution in [3.63, 3.8) is 0 Å². The number of esters is 2. The van der Waals surface area contributed by atoms with Gasteiger partial charge in [0.15, 0.2) is 28.5 Å². The Morgan fingerprint density at radius 2 is 1.89 bits per heavy atom. The van der Waals surface area contributed by atoms with Gasteiger partial charge in [-0.25, -0.2) is 4.79 Å². The number of hydrogen-bond acceptors (Lipinski definition) is 14. The Kier molecular flexibility index (Phi) is 7.32. The van der Waals surface area contributed by atoms with Crippen LogP contribution >= 0.6 is 11.8 Å². The zero-order chi connectivity index (χ0) is 37.4. The number of aromatic amines is 1. The monoisotopic (exact) mass is 756 g/mol. The van der Waals surface area contributed by atoms with E-state index in [-0.39, 0.29) is 43.6 Å². The van der Waals surface area contributed by atoms with Gasteiger partial charge in [0.25, 0.3) is 0 Å². The van der Waals surface area contributed by atoms with Crippen molar-refractivity contribution < 1.29 is 48.6 Å². The molecule has 2 saturated heterocycles. The molecule has 8 aliphatic heterocycles. The van der Waals surface area contributed by atoms with Crippen LogP contribution in [-0.4, -0.2) is 88.3 Å². The highest BCUT2D eigenvalue weighted by Gasteiger charge is 2.62. The zero-order valence-corrected chi connectivity index (χ0v) is 30.9. The molecule has 54 heavy (non-hydrogen) atoms. The maximum absolute atomic E-state index is 14.8. The number of fused-ring (bicyclic) bond motifs is 8. The number of aromatic hydroxyl groups is 2. The Balaban J connectivity index is 1.24. The van der Waals surface area contributed by atoms with E-state index in [1.54, 1.807) is 18.2 Å². The molecule has 0 saturated carbocycles. The van der Waals surface area contributed by atoms with E-state index < -0.39 is 46.6 Å². The molecule has 2 unspecified atom stereocenters. The number of benzene rings is 3. The van der Waals surface area contributed by atoms with E-state index in [9.17, 15) is 24.9 Å².